The van der Waals surface area contributed by atoms with Crippen LogP contribution in [0, 0.1) is 17.0 Å². The lowest BCUT2D eigenvalue weighted by atomic mass is 10.2. The third-order valence-electron chi connectivity index (χ3n) is 2.73. The largest absolute Gasteiger partial charge is 0.490 e. The highest BCUT2D eigenvalue weighted by molar-refractivity contribution is 7.14. The molecule has 0 amide bonds. The maximum absolute atomic E-state index is 11.9. The molecule has 0 N–H and O–H groups in total. The standard InChI is InChI=1S/C14H13NO5S/c1-9-3-6-14(21-9)12(16)8-20-10-4-5-13(19-2)11(7-10)15(17)18/h3-7H,8H2,1-2H3. The van der Waals surface area contributed by atoms with Crippen molar-refractivity contribution in [2.45, 2.75) is 6.92 Å². The van der Waals surface area contributed by atoms with Gasteiger partial charge < -0.3 is 9.47 Å². The summed E-state index contributed by atoms with van der Waals surface area (Å²) in [5, 5.41) is 10.9. The number of carbonyl (C=O) groups is 1. The van der Waals surface area contributed by atoms with Gasteiger partial charge in [-0.05, 0) is 31.2 Å². The highest BCUT2D eigenvalue weighted by atomic mass is 32.1. The fourth-order valence-electron chi connectivity index (χ4n) is 1.71. The van der Waals surface area contributed by atoms with E-state index in [4.69, 9.17) is 9.47 Å². The molecule has 0 unspecified atom stereocenters. The molecule has 0 fully saturated rings. The van der Waals surface area contributed by atoms with E-state index in [2.05, 4.69) is 0 Å². The number of Topliss-reactive ketones (excluding diaryl/α,β-unsaturated/α-hetero) is 1. The number of ether oxygens (including phenoxy) is 2. The first-order valence-corrected chi connectivity index (χ1v) is 6.88. The second-order valence-electron chi connectivity index (χ2n) is 4.21. The van der Waals surface area contributed by atoms with E-state index in [1.807, 2.05) is 13.0 Å². The fraction of sp³-hybridized carbons (Fsp3) is 0.214. The molecule has 0 aliphatic carbocycles. The molecule has 21 heavy (non-hydrogen) atoms. The Labute approximate surface area is 125 Å². The Morgan fingerprint density at radius 3 is 2.67 bits per heavy atom. The second-order valence-corrected chi connectivity index (χ2v) is 5.50. The van der Waals surface area contributed by atoms with Crippen LogP contribution < -0.4 is 9.47 Å². The first-order valence-electron chi connectivity index (χ1n) is 6.06. The van der Waals surface area contributed by atoms with Crippen LogP contribution in [0.2, 0.25) is 0 Å². The number of benzene rings is 1. The van der Waals surface area contributed by atoms with Gasteiger partial charge in [-0.25, -0.2) is 0 Å². The molecular formula is C14H13NO5S. The van der Waals surface area contributed by atoms with Crippen molar-refractivity contribution in [2.24, 2.45) is 0 Å². The van der Waals surface area contributed by atoms with Gasteiger partial charge in [0.2, 0.25) is 5.78 Å². The maximum atomic E-state index is 11.9. The van der Waals surface area contributed by atoms with Gasteiger partial charge in [0.15, 0.2) is 12.4 Å². The Morgan fingerprint density at radius 1 is 1.33 bits per heavy atom. The molecule has 7 heteroatoms. The summed E-state index contributed by atoms with van der Waals surface area (Å²) in [5.41, 5.74) is -0.200. The summed E-state index contributed by atoms with van der Waals surface area (Å²) < 4.78 is 10.2. The summed E-state index contributed by atoms with van der Waals surface area (Å²) in [5.74, 6) is 0.239. The Bertz CT molecular complexity index is 680. The molecule has 1 aromatic heterocycles. The van der Waals surface area contributed by atoms with Crippen LogP contribution >= 0.6 is 11.3 Å². The van der Waals surface area contributed by atoms with Gasteiger partial charge in [-0.3, -0.25) is 14.9 Å². The van der Waals surface area contributed by atoms with Crippen LogP contribution in [0.5, 0.6) is 11.5 Å². The van der Waals surface area contributed by atoms with Crippen LogP contribution in [0.3, 0.4) is 0 Å². The molecule has 0 saturated heterocycles. The van der Waals surface area contributed by atoms with Gasteiger partial charge in [0.1, 0.15) is 5.75 Å². The molecule has 110 valence electrons. The third-order valence-corrected chi connectivity index (χ3v) is 3.77. The Morgan fingerprint density at radius 2 is 2.10 bits per heavy atom. The van der Waals surface area contributed by atoms with E-state index < -0.39 is 4.92 Å². The van der Waals surface area contributed by atoms with E-state index in [-0.39, 0.29) is 29.6 Å². The lowest BCUT2D eigenvalue weighted by molar-refractivity contribution is -0.385. The first kappa shape index (κ1) is 15.0. The second kappa shape index (κ2) is 6.36. The number of rotatable bonds is 6. The quantitative estimate of drug-likeness (QED) is 0.465. The summed E-state index contributed by atoms with van der Waals surface area (Å²) in [6.07, 6.45) is 0. The number of hydrogen-bond donors (Lipinski definition) is 0. The van der Waals surface area contributed by atoms with Gasteiger partial charge in [-0.1, -0.05) is 0 Å². The summed E-state index contributed by atoms with van der Waals surface area (Å²) in [6.45, 7) is 1.75. The lowest BCUT2D eigenvalue weighted by Crippen LogP contribution is -2.10. The van der Waals surface area contributed by atoms with Gasteiger partial charge in [0, 0.05) is 4.88 Å². The van der Waals surface area contributed by atoms with Crippen LogP contribution in [-0.2, 0) is 0 Å². The van der Waals surface area contributed by atoms with E-state index in [9.17, 15) is 14.9 Å². The smallest absolute Gasteiger partial charge is 0.314 e. The summed E-state index contributed by atoms with van der Waals surface area (Å²) in [4.78, 5) is 23.9. The van der Waals surface area contributed by atoms with Crippen molar-refractivity contribution in [2.75, 3.05) is 13.7 Å². The summed E-state index contributed by atoms with van der Waals surface area (Å²) in [6, 6.07) is 7.80. The predicted molar refractivity (Wildman–Crippen MR) is 78.5 cm³/mol. The molecule has 0 aliphatic heterocycles. The zero-order valence-corrected chi connectivity index (χ0v) is 12.3. The van der Waals surface area contributed by atoms with Gasteiger partial charge in [-0.2, -0.15) is 0 Å². The van der Waals surface area contributed by atoms with Crippen LogP contribution in [-0.4, -0.2) is 24.4 Å². The van der Waals surface area contributed by atoms with Gasteiger partial charge >= 0.3 is 5.69 Å². The molecule has 6 nitrogen and oxygen atoms in total. The van der Waals surface area contributed by atoms with Crippen molar-refractivity contribution in [1.29, 1.82) is 0 Å². The molecule has 0 aliphatic rings. The normalized spacial score (nSPS) is 10.2. The Kier molecular flexibility index (Phi) is 4.54. The SMILES string of the molecule is COc1ccc(OCC(=O)c2ccc(C)s2)cc1[N+](=O)[O-]. The predicted octanol–water partition coefficient (Wildman–Crippen LogP) is 3.24. The van der Waals surface area contributed by atoms with E-state index in [0.29, 0.717) is 4.88 Å². The zero-order chi connectivity index (χ0) is 15.4. The molecule has 2 rings (SSSR count). The van der Waals surface area contributed by atoms with Crippen LogP contribution in [0.1, 0.15) is 14.5 Å². The van der Waals surface area contributed by atoms with Gasteiger partial charge in [-0.15, -0.1) is 11.3 Å². The number of nitrogens with zero attached hydrogens (tertiary/aromatic N) is 1. The van der Waals surface area contributed by atoms with Crippen molar-refractivity contribution >= 4 is 22.8 Å². The van der Waals surface area contributed by atoms with Crippen LogP contribution in [0.15, 0.2) is 30.3 Å². The van der Waals surface area contributed by atoms with Gasteiger partial charge in [0.05, 0.1) is 23.0 Å². The number of aryl methyl sites for hydroxylation is 1. The van der Waals surface area contributed by atoms with Crippen LogP contribution in [0.4, 0.5) is 5.69 Å². The minimum atomic E-state index is -0.559. The van der Waals surface area contributed by atoms with E-state index in [1.54, 1.807) is 6.07 Å². The monoisotopic (exact) mass is 307 g/mol. The number of nitro benzene ring substituents is 1. The lowest BCUT2D eigenvalue weighted by Gasteiger charge is -2.06. The highest BCUT2D eigenvalue weighted by Crippen LogP contribution is 2.30. The van der Waals surface area contributed by atoms with Crippen molar-refractivity contribution < 1.29 is 19.2 Å². The van der Waals surface area contributed by atoms with Crippen molar-refractivity contribution in [3.05, 3.63) is 50.2 Å². The number of carbonyl (C=O) groups excluding carboxylic acids is 1. The number of thiophene rings is 1. The molecule has 1 heterocycles. The zero-order valence-electron chi connectivity index (χ0n) is 11.5. The summed E-state index contributed by atoms with van der Waals surface area (Å²) in [7, 11) is 1.35. The molecule has 1 aromatic carbocycles. The Balaban J connectivity index is 2.08. The summed E-state index contributed by atoms with van der Waals surface area (Å²) >= 11 is 1.39. The van der Waals surface area contributed by atoms with Gasteiger partial charge in [0.25, 0.3) is 0 Å². The number of ketones is 1. The first-order chi connectivity index (χ1) is 10.0. The van der Waals surface area contributed by atoms with E-state index in [1.165, 1.54) is 36.6 Å². The Hall–Kier alpha value is -2.41. The molecular weight excluding hydrogens is 294 g/mol. The third kappa shape index (κ3) is 3.57. The molecule has 0 spiro atoms. The molecule has 0 atom stereocenters. The molecule has 0 bridgehead atoms. The topological polar surface area (TPSA) is 78.7 Å². The molecule has 0 saturated carbocycles. The number of nitro groups is 1. The molecule has 2 aromatic rings. The van der Waals surface area contributed by atoms with Crippen molar-refractivity contribution in [3.8, 4) is 11.5 Å². The minimum absolute atomic E-state index is 0.146. The maximum Gasteiger partial charge on any atom is 0.314 e. The average molecular weight is 307 g/mol. The average Bonchev–Trinajstić information content (AvgIpc) is 2.91. The van der Waals surface area contributed by atoms with E-state index in [0.717, 1.165) is 4.88 Å². The minimum Gasteiger partial charge on any atom is -0.490 e. The number of hydrogen-bond acceptors (Lipinski definition) is 6. The fourth-order valence-corrected chi connectivity index (χ4v) is 2.50. The highest BCUT2D eigenvalue weighted by Gasteiger charge is 2.16. The van der Waals surface area contributed by atoms with Crippen LogP contribution in [0.25, 0.3) is 0 Å². The van der Waals surface area contributed by atoms with Crippen molar-refractivity contribution in [3.63, 3.8) is 0 Å². The van der Waals surface area contributed by atoms with E-state index >= 15 is 0 Å². The number of methoxy groups -OCH3 is 1. The van der Waals surface area contributed by atoms with Crippen molar-refractivity contribution in [1.82, 2.24) is 0 Å². The molecule has 0 radical (unpaired) electrons.